The van der Waals surface area contributed by atoms with Gasteiger partial charge < -0.3 is 4.90 Å². The van der Waals surface area contributed by atoms with Crippen LogP contribution in [0.5, 0.6) is 0 Å². The molecule has 2 aromatic carbocycles. The molecule has 1 amide bonds. The van der Waals surface area contributed by atoms with E-state index in [4.69, 9.17) is 0 Å². The van der Waals surface area contributed by atoms with Crippen LogP contribution in [0.25, 0.3) is 0 Å². The monoisotopic (exact) mass is 345 g/mol. The number of aryl methyl sites for hydroxylation is 2. The summed E-state index contributed by atoms with van der Waals surface area (Å²) in [6.45, 7) is 6.83. The van der Waals surface area contributed by atoms with E-state index in [0.29, 0.717) is 6.54 Å². The minimum absolute atomic E-state index is 0.0673. The van der Waals surface area contributed by atoms with Crippen LogP contribution in [-0.2, 0) is 13.0 Å². The van der Waals surface area contributed by atoms with Gasteiger partial charge in [0.2, 0.25) is 0 Å². The zero-order valence-corrected chi connectivity index (χ0v) is 15.4. The molecule has 0 radical (unpaired) electrons. The molecular weight excluding hydrogens is 322 g/mol. The smallest absolute Gasteiger partial charge is 0.258 e. The Morgan fingerprint density at radius 3 is 2.69 bits per heavy atom. The number of carbonyl (C=O) groups is 1. The zero-order valence-electron chi connectivity index (χ0n) is 15.4. The number of anilines is 1. The summed E-state index contributed by atoms with van der Waals surface area (Å²) in [7, 11) is 0. The number of carbonyl (C=O) groups excluding carboxylic acids is 1. The Balaban J connectivity index is 1.62. The summed E-state index contributed by atoms with van der Waals surface area (Å²) >= 11 is 0. The molecule has 0 aliphatic carbocycles. The van der Waals surface area contributed by atoms with Crippen molar-refractivity contribution in [3.05, 3.63) is 82.7 Å². The molecule has 0 spiro atoms. The Bertz CT molecular complexity index is 973. The summed E-state index contributed by atoms with van der Waals surface area (Å²) in [6.07, 6.45) is 0.910. The fourth-order valence-electron chi connectivity index (χ4n) is 3.82. The van der Waals surface area contributed by atoms with Crippen molar-refractivity contribution in [1.82, 2.24) is 9.78 Å². The van der Waals surface area contributed by atoms with E-state index in [1.165, 1.54) is 5.56 Å². The molecule has 4 heteroatoms. The molecule has 132 valence electrons. The van der Waals surface area contributed by atoms with Crippen molar-refractivity contribution in [3.63, 3.8) is 0 Å². The fraction of sp³-hybridized carbons (Fsp3) is 0.273. The van der Waals surface area contributed by atoms with E-state index in [1.807, 2.05) is 52.9 Å². The molecule has 1 aliphatic heterocycles. The summed E-state index contributed by atoms with van der Waals surface area (Å²) in [6, 6.07) is 18.3. The van der Waals surface area contributed by atoms with Crippen molar-refractivity contribution in [2.45, 2.75) is 39.8 Å². The third-order valence-electron chi connectivity index (χ3n) is 5.04. The van der Waals surface area contributed by atoms with E-state index in [1.54, 1.807) is 0 Å². The molecule has 3 aromatic rings. The third-order valence-corrected chi connectivity index (χ3v) is 5.04. The second-order valence-electron chi connectivity index (χ2n) is 7.14. The number of fused-ring (bicyclic) bond motifs is 1. The van der Waals surface area contributed by atoms with Crippen LogP contribution in [0, 0.1) is 13.8 Å². The van der Waals surface area contributed by atoms with Crippen molar-refractivity contribution < 1.29 is 4.79 Å². The van der Waals surface area contributed by atoms with E-state index >= 15 is 0 Å². The van der Waals surface area contributed by atoms with Gasteiger partial charge in [0.05, 0.1) is 12.2 Å². The number of para-hydroxylation sites is 1. The van der Waals surface area contributed by atoms with E-state index in [9.17, 15) is 4.79 Å². The Morgan fingerprint density at radius 1 is 1.12 bits per heavy atom. The van der Waals surface area contributed by atoms with Gasteiger partial charge in [-0.15, -0.1) is 0 Å². The molecule has 1 atom stereocenters. The summed E-state index contributed by atoms with van der Waals surface area (Å²) in [5.41, 5.74) is 6.23. The standard InChI is InChI=1S/C22H23N3O/c1-15-11-16(2)24(23-15)14-18-7-6-9-20(13-18)22(26)25-17(3)12-19-8-4-5-10-21(19)25/h4-11,13,17H,12,14H2,1-3H3/t17-/m1/s1. The summed E-state index contributed by atoms with van der Waals surface area (Å²) in [5.74, 6) is 0.0673. The molecule has 0 N–H and O–H groups in total. The van der Waals surface area contributed by atoms with E-state index < -0.39 is 0 Å². The summed E-state index contributed by atoms with van der Waals surface area (Å²) in [4.78, 5) is 15.1. The van der Waals surface area contributed by atoms with Crippen LogP contribution >= 0.6 is 0 Å². The lowest BCUT2D eigenvalue weighted by atomic mass is 10.1. The number of hydrogen-bond acceptors (Lipinski definition) is 2. The van der Waals surface area contributed by atoms with Gasteiger partial charge in [0, 0.05) is 23.0 Å². The lowest BCUT2D eigenvalue weighted by Gasteiger charge is -2.23. The van der Waals surface area contributed by atoms with Gasteiger partial charge >= 0.3 is 0 Å². The van der Waals surface area contributed by atoms with Crippen LogP contribution in [-0.4, -0.2) is 21.7 Å². The Hall–Kier alpha value is -2.88. The molecule has 0 unspecified atom stereocenters. The average molecular weight is 345 g/mol. The van der Waals surface area contributed by atoms with Crippen LogP contribution in [0.1, 0.15) is 39.8 Å². The first-order valence-corrected chi connectivity index (χ1v) is 9.04. The van der Waals surface area contributed by atoms with Crippen molar-refractivity contribution in [3.8, 4) is 0 Å². The predicted octanol–water partition coefficient (Wildman–Crippen LogP) is 4.14. The Labute approximate surface area is 154 Å². The average Bonchev–Trinajstić information content (AvgIpc) is 3.12. The van der Waals surface area contributed by atoms with Crippen molar-refractivity contribution in [1.29, 1.82) is 0 Å². The van der Waals surface area contributed by atoms with E-state index in [-0.39, 0.29) is 11.9 Å². The summed E-state index contributed by atoms with van der Waals surface area (Å²) < 4.78 is 1.98. The Morgan fingerprint density at radius 2 is 1.92 bits per heavy atom. The molecule has 4 nitrogen and oxygen atoms in total. The van der Waals surface area contributed by atoms with Crippen LogP contribution in [0.2, 0.25) is 0 Å². The van der Waals surface area contributed by atoms with Gasteiger partial charge in [-0.1, -0.05) is 30.3 Å². The molecular formula is C22H23N3O. The molecule has 4 rings (SSSR count). The minimum Gasteiger partial charge on any atom is -0.305 e. The van der Waals surface area contributed by atoms with Crippen LogP contribution in [0.3, 0.4) is 0 Å². The molecule has 0 bridgehead atoms. The number of benzene rings is 2. The lowest BCUT2D eigenvalue weighted by molar-refractivity contribution is 0.0981. The maximum atomic E-state index is 13.2. The second-order valence-corrected chi connectivity index (χ2v) is 7.14. The topological polar surface area (TPSA) is 38.1 Å². The van der Waals surface area contributed by atoms with E-state index in [2.05, 4.69) is 37.1 Å². The van der Waals surface area contributed by atoms with Gasteiger partial charge in [-0.2, -0.15) is 5.10 Å². The van der Waals surface area contributed by atoms with Gasteiger partial charge in [-0.05, 0) is 62.6 Å². The maximum absolute atomic E-state index is 13.2. The highest BCUT2D eigenvalue weighted by atomic mass is 16.2. The Kier molecular flexibility index (Phi) is 4.11. The predicted molar refractivity (Wildman–Crippen MR) is 104 cm³/mol. The van der Waals surface area contributed by atoms with Crippen LogP contribution in [0.15, 0.2) is 54.6 Å². The summed E-state index contributed by atoms with van der Waals surface area (Å²) in [5, 5.41) is 4.52. The van der Waals surface area contributed by atoms with Gasteiger partial charge in [0.15, 0.2) is 0 Å². The van der Waals surface area contributed by atoms with Gasteiger partial charge in [0.25, 0.3) is 5.91 Å². The molecule has 2 heterocycles. The highest BCUT2D eigenvalue weighted by Crippen LogP contribution is 2.33. The molecule has 1 aliphatic rings. The third kappa shape index (κ3) is 2.92. The van der Waals surface area contributed by atoms with E-state index in [0.717, 1.165) is 34.6 Å². The highest BCUT2D eigenvalue weighted by Gasteiger charge is 2.31. The highest BCUT2D eigenvalue weighted by molar-refractivity contribution is 6.07. The van der Waals surface area contributed by atoms with Crippen molar-refractivity contribution >= 4 is 11.6 Å². The first-order chi connectivity index (χ1) is 12.5. The number of amides is 1. The normalized spacial score (nSPS) is 16.0. The fourth-order valence-corrected chi connectivity index (χ4v) is 3.82. The zero-order chi connectivity index (χ0) is 18.3. The number of aromatic nitrogens is 2. The van der Waals surface area contributed by atoms with Crippen molar-refractivity contribution in [2.75, 3.05) is 4.90 Å². The van der Waals surface area contributed by atoms with Gasteiger partial charge in [-0.25, -0.2) is 0 Å². The van der Waals surface area contributed by atoms with Crippen LogP contribution < -0.4 is 4.90 Å². The molecule has 0 saturated heterocycles. The lowest BCUT2D eigenvalue weighted by Crippen LogP contribution is -2.35. The molecule has 26 heavy (non-hydrogen) atoms. The number of nitrogens with zero attached hydrogens (tertiary/aromatic N) is 3. The number of rotatable bonds is 3. The minimum atomic E-state index is 0.0673. The van der Waals surface area contributed by atoms with Crippen LogP contribution in [0.4, 0.5) is 5.69 Å². The molecule has 0 fully saturated rings. The largest absolute Gasteiger partial charge is 0.305 e. The SMILES string of the molecule is Cc1cc(C)n(Cc2cccc(C(=O)N3c4ccccc4C[C@H]3C)c2)n1. The van der Waals surface area contributed by atoms with Gasteiger partial charge in [0.1, 0.15) is 0 Å². The van der Waals surface area contributed by atoms with Gasteiger partial charge in [-0.3, -0.25) is 9.48 Å². The number of hydrogen-bond donors (Lipinski definition) is 0. The quantitative estimate of drug-likeness (QED) is 0.715. The molecule has 1 aromatic heterocycles. The second kappa shape index (κ2) is 6.45. The first-order valence-electron chi connectivity index (χ1n) is 9.04. The van der Waals surface area contributed by atoms with Crippen molar-refractivity contribution in [2.24, 2.45) is 0 Å². The maximum Gasteiger partial charge on any atom is 0.258 e. The first kappa shape index (κ1) is 16.6. The molecule has 0 saturated carbocycles.